The number of nitrogens with zero attached hydrogens (tertiary/aromatic N) is 1. The third kappa shape index (κ3) is 3.84. The summed E-state index contributed by atoms with van der Waals surface area (Å²) in [6, 6.07) is 12.1. The maximum absolute atomic E-state index is 13.1. The summed E-state index contributed by atoms with van der Waals surface area (Å²) in [5.74, 6) is -0.0507. The Morgan fingerprint density at radius 1 is 1.18 bits per heavy atom. The number of ketones is 1. The zero-order chi connectivity index (χ0) is 20.3. The molecule has 3 rings (SSSR count). The van der Waals surface area contributed by atoms with Crippen LogP contribution in [0.5, 0.6) is 5.75 Å². The molecule has 1 N–H and O–H groups in total. The molecular weight excluding hydrogens is 422 g/mol. The van der Waals surface area contributed by atoms with E-state index >= 15 is 0 Å². The van der Waals surface area contributed by atoms with E-state index in [2.05, 4.69) is 15.9 Å². The van der Waals surface area contributed by atoms with Gasteiger partial charge in [0.2, 0.25) is 0 Å². The first-order valence-electron chi connectivity index (χ1n) is 9.51. The smallest absolute Gasteiger partial charge is 0.264 e. The van der Waals surface area contributed by atoms with Gasteiger partial charge in [-0.3, -0.25) is 9.59 Å². The van der Waals surface area contributed by atoms with Crippen LogP contribution in [-0.2, 0) is 10.4 Å². The molecule has 2 aromatic carbocycles. The van der Waals surface area contributed by atoms with Crippen LogP contribution in [0.4, 0.5) is 5.69 Å². The average Bonchev–Trinajstić information content (AvgIpc) is 2.88. The van der Waals surface area contributed by atoms with Crippen molar-refractivity contribution in [1.29, 1.82) is 0 Å². The van der Waals surface area contributed by atoms with Gasteiger partial charge in [-0.1, -0.05) is 29.3 Å². The van der Waals surface area contributed by atoms with Crippen molar-refractivity contribution in [2.45, 2.75) is 38.7 Å². The van der Waals surface area contributed by atoms with Crippen LogP contribution in [0.1, 0.15) is 49.0 Å². The Labute approximate surface area is 173 Å². The van der Waals surface area contributed by atoms with Gasteiger partial charge >= 0.3 is 0 Å². The molecule has 148 valence electrons. The van der Waals surface area contributed by atoms with E-state index < -0.39 is 11.5 Å². The first-order chi connectivity index (χ1) is 13.4. The first-order valence-corrected chi connectivity index (χ1v) is 10.3. The third-order valence-corrected chi connectivity index (χ3v) is 5.43. The number of Topliss-reactive ketones (excluding diaryl/α,β-unsaturated/α-hetero) is 1. The number of amides is 1. The molecule has 1 atom stereocenters. The lowest BCUT2D eigenvalue weighted by atomic mass is 9.88. The van der Waals surface area contributed by atoms with Gasteiger partial charge in [-0.05, 0) is 55.8 Å². The second kappa shape index (κ2) is 8.45. The van der Waals surface area contributed by atoms with Crippen LogP contribution < -0.4 is 9.64 Å². The second-order valence-corrected chi connectivity index (χ2v) is 7.81. The summed E-state index contributed by atoms with van der Waals surface area (Å²) < 4.78 is 6.15. The van der Waals surface area contributed by atoms with Gasteiger partial charge in [0.1, 0.15) is 5.75 Å². The van der Waals surface area contributed by atoms with Crippen LogP contribution in [0, 0.1) is 0 Å². The summed E-state index contributed by atoms with van der Waals surface area (Å²) in [6.45, 7) is 5.00. The third-order valence-electron chi connectivity index (χ3n) is 4.93. The van der Waals surface area contributed by atoms with Crippen molar-refractivity contribution < 1.29 is 19.4 Å². The van der Waals surface area contributed by atoms with Crippen molar-refractivity contribution in [3.05, 3.63) is 58.1 Å². The number of benzene rings is 2. The van der Waals surface area contributed by atoms with Gasteiger partial charge in [-0.25, -0.2) is 0 Å². The fourth-order valence-corrected chi connectivity index (χ4v) is 3.83. The minimum atomic E-state index is -1.86. The number of anilines is 1. The number of carbonyl (C=O) groups is 2. The molecular formula is C22H24BrNO4. The van der Waals surface area contributed by atoms with Gasteiger partial charge in [-0.2, -0.15) is 0 Å². The molecule has 1 amide bonds. The Kier molecular flexibility index (Phi) is 6.20. The van der Waals surface area contributed by atoms with Gasteiger partial charge in [0.05, 0.1) is 18.7 Å². The second-order valence-electron chi connectivity index (χ2n) is 6.89. The highest BCUT2D eigenvalue weighted by atomic mass is 79.9. The van der Waals surface area contributed by atoms with Crippen molar-refractivity contribution in [2.75, 3.05) is 18.1 Å². The summed E-state index contributed by atoms with van der Waals surface area (Å²) in [4.78, 5) is 27.5. The zero-order valence-corrected chi connectivity index (χ0v) is 17.7. The summed E-state index contributed by atoms with van der Waals surface area (Å²) in [5.41, 5.74) is -0.276. The van der Waals surface area contributed by atoms with E-state index in [4.69, 9.17) is 4.74 Å². The molecule has 0 aromatic heterocycles. The molecule has 0 bridgehead atoms. The Hall–Kier alpha value is -2.18. The largest absolute Gasteiger partial charge is 0.494 e. The summed E-state index contributed by atoms with van der Waals surface area (Å²) in [6.07, 6.45) is 1.45. The number of aliphatic hydroxyl groups is 1. The fourth-order valence-electron chi connectivity index (χ4n) is 3.47. The molecule has 0 radical (unpaired) electrons. The summed E-state index contributed by atoms with van der Waals surface area (Å²) >= 11 is 3.40. The number of fused-ring (bicyclic) bond motifs is 1. The number of carbonyl (C=O) groups excluding carboxylic acids is 2. The Morgan fingerprint density at radius 3 is 2.54 bits per heavy atom. The predicted octanol–water partition coefficient (Wildman–Crippen LogP) is 4.46. The highest BCUT2D eigenvalue weighted by molar-refractivity contribution is 9.10. The van der Waals surface area contributed by atoms with E-state index in [1.807, 2.05) is 26.0 Å². The molecule has 5 nitrogen and oxygen atoms in total. The summed E-state index contributed by atoms with van der Waals surface area (Å²) in [7, 11) is 0. The van der Waals surface area contributed by atoms with E-state index in [-0.39, 0.29) is 12.2 Å². The Bertz CT molecular complexity index is 881. The summed E-state index contributed by atoms with van der Waals surface area (Å²) in [5, 5.41) is 11.3. The molecule has 1 heterocycles. The number of rotatable bonds is 8. The van der Waals surface area contributed by atoms with Crippen LogP contribution in [0.3, 0.4) is 0 Å². The molecule has 0 aliphatic carbocycles. The van der Waals surface area contributed by atoms with Crippen LogP contribution >= 0.6 is 15.9 Å². The van der Waals surface area contributed by atoms with Crippen molar-refractivity contribution >= 4 is 33.3 Å². The van der Waals surface area contributed by atoms with Gasteiger partial charge < -0.3 is 14.7 Å². The molecule has 0 fully saturated rings. The molecule has 1 aliphatic heterocycles. The molecule has 0 saturated carbocycles. The van der Waals surface area contributed by atoms with Gasteiger partial charge in [0.25, 0.3) is 5.91 Å². The van der Waals surface area contributed by atoms with E-state index in [1.165, 1.54) is 0 Å². The van der Waals surface area contributed by atoms with Crippen LogP contribution in [0.2, 0.25) is 0 Å². The number of ether oxygens (including phenoxy) is 1. The minimum Gasteiger partial charge on any atom is -0.494 e. The highest BCUT2D eigenvalue weighted by Gasteiger charge is 2.50. The van der Waals surface area contributed by atoms with E-state index in [1.54, 1.807) is 35.2 Å². The predicted molar refractivity (Wildman–Crippen MR) is 112 cm³/mol. The van der Waals surface area contributed by atoms with Crippen LogP contribution in [0.25, 0.3) is 0 Å². The van der Waals surface area contributed by atoms with Crippen molar-refractivity contribution in [3.8, 4) is 5.75 Å². The monoisotopic (exact) mass is 445 g/mol. The van der Waals surface area contributed by atoms with E-state index in [0.29, 0.717) is 35.7 Å². The number of halogens is 1. The number of hydrogen-bond donors (Lipinski definition) is 1. The zero-order valence-electron chi connectivity index (χ0n) is 16.1. The first kappa shape index (κ1) is 20.6. The maximum atomic E-state index is 13.1. The highest BCUT2D eigenvalue weighted by Crippen LogP contribution is 2.44. The number of unbranched alkanes of at least 4 members (excludes halogenated alkanes) is 1. The lowest BCUT2D eigenvalue weighted by molar-refractivity contribution is -0.135. The molecule has 1 aliphatic rings. The van der Waals surface area contributed by atoms with Gasteiger partial charge in [0.15, 0.2) is 11.4 Å². The standard InChI is InChI=1S/C22H24BrNO4/c1-3-5-12-24-19-11-8-16(23)13-18(19)22(27,21(24)26)14-20(25)15-6-9-17(10-7-15)28-4-2/h6-11,13,27H,3-5,12,14H2,1-2H3. The SMILES string of the molecule is CCCCN1C(=O)C(O)(CC(=O)c2ccc(OCC)cc2)c2cc(Br)ccc21. The lowest BCUT2D eigenvalue weighted by Gasteiger charge is -2.22. The maximum Gasteiger partial charge on any atom is 0.264 e. The van der Waals surface area contributed by atoms with Crippen molar-refractivity contribution in [3.63, 3.8) is 0 Å². The van der Waals surface area contributed by atoms with Gasteiger partial charge in [-0.15, -0.1) is 0 Å². The van der Waals surface area contributed by atoms with E-state index in [0.717, 1.165) is 17.3 Å². The van der Waals surface area contributed by atoms with Crippen molar-refractivity contribution in [1.82, 2.24) is 0 Å². The molecule has 1 unspecified atom stereocenters. The number of hydrogen-bond acceptors (Lipinski definition) is 4. The molecule has 0 saturated heterocycles. The van der Waals surface area contributed by atoms with E-state index in [9.17, 15) is 14.7 Å². The average molecular weight is 446 g/mol. The quantitative estimate of drug-likeness (QED) is 0.609. The molecule has 28 heavy (non-hydrogen) atoms. The molecule has 2 aromatic rings. The normalized spacial score (nSPS) is 18.3. The minimum absolute atomic E-state index is 0.290. The van der Waals surface area contributed by atoms with Gasteiger partial charge in [0, 0.05) is 22.1 Å². The van der Waals surface area contributed by atoms with Crippen molar-refractivity contribution in [2.24, 2.45) is 0 Å². The van der Waals surface area contributed by atoms with Crippen LogP contribution in [-0.4, -0.2) is 29.9 Å². The van der Waals surface area contributed by atoms with Crippen LogP contribution in [0.15, 0.2) is 46.9 Å². The molecule has 6 heteroatoms. The Morgan fingerprint density at radius 2 is 1.89 bits per heavy atom. The fraction of sp³-hybridized carbons (Fsp3) is 0.364. The lowest BCUT2D eigenvalue weighted by Crippen LogP contribution is -2.42. The molecule has 0 spiro atoms. The Balaban J connectivity index is 1.90. The topological polar surface area (TPSA) is 66.8 Å².